The Labute approximate surface area is 113 Å². The molecule has 0 aliphatic carbocycles. The van der Waals surface area contributed by atoms with Gasteiger partial charge in [-0.25, -0.2) is 4.98 Å². The number of rotatable bonds is 1. The van der Waals surface area contributed by atoms with Crippen LogP contribution in [0.4, 0.5) is 0 Å². The average Bonchev–Trinajstić information content (AvgIpc) is 2.64. The summed E-state index contributed by atoms with van der Waals surface area (Å²) in [6.07, 6.45) is 0.886. The maximum atomic E-state index is 12.0. The van der Waals surface area contributed by atoms with Gasteiger partial charge < -0.3 is 10.6 Å². The van der Waals surface area contributed by atoms with Gasteiger partial charge in [-0.15, -0.1) is 24.8 Å². The molecule has 1 aliphatic rings. The normalized spacial score (nSPS) is 18.2. The Morgan fingerprint density at radius 2 is 2.18 bits per heavy atom. The van der Waals surface area contributed by atoms with E-state index in [-0.39, 0.29) is 36.8 Å². The maximum absolute atomic E-state index is 12.0. The number of aryl methyl sites for hydroxylation is 1. The molecule has 0 bridgehead atoms. The fraction of sp³-hybridized carbons (Fsp3) is 0.455. The highest BCUT2D eigenvalue weighted by molar-refractivity contribution is 5.92. The van der Waals surface area contributed by atoms with Crippen molar-refractivity contribution in [1.82, 2.24) is 9.88 Å². The number of likely N-dealkylation sites (tertiary alicyclic amines) is 1. The second-order valence-electron chi connectivity index (χ2n) is 3.96. The Bertz CT molecular complexity index is 387. The Morgan fingerprint density at radius 1 is 1.47 bits per heavy atom. The summed E-state index contributed by atoms with van der Waals surface area (Å²) in [5.74, 6) is -0.00773. The smallest absolute Gasteiger partial charge is 0.272 e. The molecular weight excluding hydrogens is 261 g/mol. The molecule has 1 aromatic rings. The van der Waals surface area contributed by atoms with E-state index in [1.54, 1.807) is 11.0 Å². The number of carbonyl (C=O) groups excluding carboxylic acids is 1. The number of aromatic nitrogens is 1. The van der Waals surface area contributed by atoms with Gasteiger partial charge in [-0.05, 0) is 25.5 Å². The van der Waals surface area contributed by atoms with Crippen LogP contribution in [-0.2, 0) is 0 Å². The van der Waals surface area contributed by atoms with Gasteiger partial charge in [-0.3, -0.25) is 4.79 Å². The first-order chi connectivity index (χ1) is 7.16. The van der Waals surface area contributed by atoms with E-state index in [1.807, 2.05) is 19.1 Å². The second-order valence-corrected chi connectivity index (χ2v) is 3.96. The van der Waals surface area contributed by atoms with E-state index in [2.05, 4.69) is 4.98 Å². The highest BCUT2D eigenvalue weighted by atomic mass is 35.5. The van der Waals surface area contributed by atoms with Crippen molar-refractivity contribution in [3.8, 4) is 0 Å². The Hall–Kier alpha value is -0.840. The van der Waals surface area contributed by atoms with E-state index in [4.69, 9.17) is 5.73 Å². The molecule has 1 aromatic heterocycles. The molecule has 1 aliphatic heterocycles. The first-order valence-electron chi connectivity index (χ1n) is 5.15. The molecule has 0 spiro atoms. The summed E-state index contributed by atoms with van der Waals surface area (Å²) in [5.41, 5.74) is 7.14. The lowest BCUT2D eigenvalue weighted by molar-refractivity contribution is 0.0785. The van der Waals surface area contributed by atoms with Gasteiger partial charge in [0.25, 0.3) is 5.91 Å². The second kappa shape index (κ2) is 6.79. The van der Waals surface area contributed by atoms with Crippen molar-refractivity contribution in [2.24, 2.45) is 5.73 Å². The molecule has 0 aromatic carbocycles. The predicted molar refractivity (Wildman–Crippen MR) is 72.0 cm³/mol. The largest absolute Gasteiger partial charge is 0.336 e. The van der Waals surface area contributed by atoms with E-state index in [0.29, 0.717) is 12.2 Å². The minimum atomic E-state index is -0.00773. The lowest BCUT2D eigenvalue weighted by Gasteiger charge is -2.15. The van der Waals surface area contributed by atoms with Crippen LogP contribution in [0.5, 0.6) is 0 Å². The molecule has 0 radical (unpaired) electrons. The van der Waals surface area contributed by atoms with E-state index < -0.39 is 0 Å². The number of pyridine rings is 1. The van der Waals surface area contributed by atoms with Crippen LogP contribution in [0.25, 0.3) is 0 Å². The van der Waals surface area contributed by atoms with E-state index in [0.717, 1.165) is 18.7 Å². The molecule has 17 heavy (non-hydrogen) atoms. The van der Waals surface area contributed by atoms with Crippen LogP contribution >= 0.6 is 24.8 Å². The van der Waals surface area contributed by atoms with Gasteiger partial charge in [0.1, 0.15) is 5.69 Å². The zero-order chi connectivity index (χ0) is 10.8. The molecule has 6 heteroatoms. The zero-order valence-corrected chi connectivity index (χ0v) is 11.3. The van der Waals surface area contributed by atoms with E-state index in [9.17, 15) is 4.79 Å². The molecule has 1 fully saturated rings. The van der Waals surface area contributed by atoms with E-state index >= 15 is 0 Å². The van der Waals surface area contributed by atoms with Gasteiger partial charge in [-0.2, -0.15) is 0 Å². The fourth-order valence-electron chi connectivity index (χ4n) is 1.80. The van der Waals surface area contributed by atoms with Crippen LogP contribution in [0.15, 0.2) is 18.2 Å². The molecule has 0 unspecified atom stereocenters. The lowest BCUT2D eigenvalue weighted by atomic mass is 10.3. The van der Waals surface area contributed by atoms with Gasteiger partial charge in [0.05, 0.1) is 0 Å². The van der Waals surface area contributed by atoms with Crippen molar-refractivity contribution < 1.29 is 4.79 Å². The van der Waals surface area contributed by atoms with Crippen LogP contribution in [-0.4, -0.2) is 34.9 Å². The highest BCUT2D eigenvalue weighted by Gasteiger charge is 2.25. The number of hydrogen-bond acceptors (Lipinski definition) is 3. The molecular formula is C11H17Cl2N3O. The summed E-state index contributed by atoms with van der Waals surface area (Å²) in [4.78, 5) is 17.9. The molecule has 2 rings (SSSR count). The third kappa shape index (κ3) is 3.84. The first-order valence-corrected chi connectivity index (χ1v) is 5.15. The Balaban J connectivity index is 0.00000128. The molecule has 4 nitrogen and oxygen atoms in total. The van der Waals surface area contributed by atoms with Gasteiger partial charge in [-0.1, -0.05) is 6.07 Å². The average molecular weight is 278 g/mol. The van der Waals surface area contributed by atoms with Crippen molar-refractivity contribution in [2.75, 3.05) is 13.1 Å². The SMILES string of the molecule is Cc1cccc(C(=O)N2CC[C@H](N)C2)n1.Cl.Cl. The summed E-state index contributed by atoms with van der Waals surface area (Å²) in [5, 5.41) is 0. The van der Waals surface area contributed by atoms with Gasteiger partial charge in [0, 0.05) is 24.8 Å². The maximum Gasteiger partial charge on any atom is 0.272 e. The van der Waals surface area contributed by atoms with Crippen LogP contribution in [0.3, 0.4) is 0 Å². The van der Waals surface area contributed by atoms with Crippen molar-refractivity contribution in [1.29, 1.82) is 0 Å². The number of nitrogens with zero attached hydrogens (tertiary/aromatic N) is 2. The molecule has 2 N–H and O–H groups in total. The topological polar surface area (TPSA) is 59.2 Å². The Kier molecular flexibility index (Phi) is 6.45. The molecule has 1 saturated heterocycles. The quantitative estimate of drug-likeness (QED) is 0.845. The van der Waals surface area contributed by atoms with Gasteiger partial charge >= 0.3 is 0 Å². The first kappa shape index (κ1) is 16.2. The van der Waals surface area contributed by atoms with Crippen LogP contribution in [0, 0.1) is 6.92 Å². The summed E-state index contributed by atoms with van der Waals surface area (Å²) in [7, 11) is 0. The molecule has 2 heterocycles. The molecule has 96 valence electrons. The number of halogens is 2. The minimum Gasteiger partial charge on any atom is -0.336 e. The number of nitrogens with two attached hydrogens (primary N) is 1. The van der Waals surface area contributed by atoms with Crippen molar-refractivity contribution >= 4 is 30.7 Å². The van der Waals surface area contributed by atoms with Crippen LogP contribution < -0.4 is 5.73 Å². The molecule has 1 amide bonds. The van der Waals surface area contributed by atoms with Crippen molar-refractivity contribution in [2.45, 2.75) is 19.4 Å². The van der Waals surface area contributed by atoms with Gasteiger partial charge in [0.15, 0.2) is 0 Å². The lowest BCUT2D eigenvalue weighted by Crippen LogP contribution is -2.32. The number of hydrogen-bond donors (Lipinski definition) is 1. The molecule has 1 atom stereocenters. The summed E-state index contributed by atoms with van der Waals surface area (Å²) < 4.78 is 0. The summed E-state index contributed by atoms with van der Waals surface area (Å²) >= 11 is 0. The van der Waals surface area contributed by atoms with Crippen LogP contribution in [0.1, 0.15) is 22.6 Å². The number of amides is 1. The number of carbonyl (C=O) groups is 1. The molecule has 0 saturated carbocycles. The zero-order valence-electron chi connectivity index (χ0n) is 9.63. The van der Waals surface area contributed by atoms with E-state index in [1.165, 1.54) is 0 Å². The minimum absolute atomic E-state index is 0. The van der Waals surface area contributed by atoms with Gasteiger partial charge in [0.2, 0.25) is 0 Å². The summed E-state index contributed by atoms with van der Waals surface area (Å²) in [6.45, 7) is 3.27. The van der Waals surface area contributed by atoms with Crippen molar-refractivity contribution in [3.63, 3.8) is 0 Å². The summed E-state index contributed by atoms with van der Waals surface area (Å²) in [6, 6.07) is 5.61. The van der Waals surface area contributed by atoms with Crippen molar-refractivity contribution in [3.05, 3.63) is 29.6 Å². The third-order valence-electron chi connectivity index (χ3n) is 2.62. The Morgan fingerprint density at radius 3 is 2.71 bits per heavy atom. The van der Waals surface area contributed by atoms with Crippen LogP contribution in [0.2, 0.25) is 0 Å². The monoisotopic (exact) mass is 277 g/mol. The standard InChI is InChI=1S/C11H15N3O.2ClH/c1-8-3-2-4-10(13-8)11(15)14-6-5-9(12)7-14;;/h2-4,9H,5-7,12H2,1H3;2*1H/t9-;;/m0../s1. The predicted octanol–water partition coefficient (Wildman–Crippen LogP) is 1.41. The third-order valence-corrected chi connectivity index (χ3v) is 2.62. The fourth-order valence-corrected chi connectivity index (χ4v) is 1.80. The highest BCUT2D eigenvalue weighted by Crippen LogP contribution is 2.11.